The topological polar surface area (TPSA) is 49.9 Å². The number of carbonyl (C=O) groups is 1. The average Bonchev–Trinajstić information content (AvgIpc) is 2.73. The molecule has 4 rings (SSSR count). The second kappa shape index (κ2) is 7.49. The van der Waals surface area contributed by atoms with E-state index in [-0.39, 0.29) is 16.9 Å². The number of carbonyl (C=O) groups excluding carboxylic acids is 1. The Morgan fingerprint density at radius 2 is 1.57 bits per heavy atom. The molecular formula is C25H19NO2. The molecule has 0 bridgehead atoms. The Morgan fingerprint density at radius 3 is 2.29 bits per heavy atom. The van der Waals surface area contributed by atoms with Crippen LogP contribution in [0.15, 0.2) is 89.7 Å². The summed E-state index contributed by atoms with van der Waals surface area (Å²) in [4.78, 5) is 28.8. The van der Waals surface area contributed by atoms with Crippen LogP contribution in [0.2, 0.25) is 0 Å². The van der Waals surface area contributed by atoms with E-state index >= 15 is 0 Å². The van der Waals surface area contributed by atoms with Crippen LogP contribution in [0.25, 0.3) is 28.1 Å². The van der Waals surface area contributed by atoms with Gasteiger partial charge in [0.25, 0.3) is 5.56 Å². The van der Waals surface area contributed by atoms with Gasteiger partial charge >= 0.3 is 0 Å². The second-order valence-electron chi connectivity index (χ2n) is 6.73. The highest BCUT2D eigenvalue weighted by molar-refractivity contribution is 6.15. The molecule has 0 aliphatic heterocycles. The number of H-pyrrole nitrogens is 1. The summed E-state index contributed by atoms with van der Waals surface area (Å²) in [5.41, 5.74) is 4.00. The molecule has 136 valence electrons. The Labute approximate surface area is 163 Å². The van der Waals surface area contributed by atoms with Gasteiger partial charge < -0.3 is 4.98 Å². The first-order valence-corrected chi connectivity index (χ1v) is 9.13. The number of aromatic nitrogens is 1. The van der Waals surface area contributed by atoms with Crippen LogP contribution < -0.4 is 5.56 Å². The van der Waals surface area contributed by atoms with E-state index in [1.807, 2.05) is 85.8 Å². The SMILES string of the molecule is Cc1ccc2[nH]c(=O)c(C(=O)C=Cc3ccccc3)c(-c3ccccc3)c2c1. The summed E-state index contributed by atoms with van der Waals surface area (Å²) in [5.74, 6) is -0.313. The summed E-state index contributed by atoms with van der Waals surface area (Å²) in [7, 11) is 0. The molecule has 0 radical (unpaired) electrons. The predicted octanol–water partition coefficient (Wildman–Crippen LogP) is 5.40. The largest absolute Gasteiger partial charge is 0.321 e. The maximum Gasteiger partial charge on any atom is 0.260 e. The maximum atomic E-state index is 13.1. The molecule has 0 aliphatic rings. The molecule has 3 nitrogen and oxygen atoms in total. The van der Waals surface area contributed by atoms with Crippen LogP contribution >= 0.6 is 0 Å². The first-order chi connectivity index (χ1) is 13.6. The van der Waals surface area contributed by atoms with Gasteiger partial charge in [-0.05, 0) is 36.3 Å². The molecule has 1 aromatic heterocycles. The van der Waals surface area contributed by atoms with Crippen molar-refractivity contribution in [1.29, 1.82) is 0 Å². The zero-order valence-corrected chi connectivity index (χ0v) is 15.5. The summed E-state index contributed by atoms with van der Waals surface area (Å²) < 4.78 is 0. The number of allylic oxidation sites excluding steroid dienone is 1. The molecule has 3 heteroatoms. The monoisotopic (exact) mass is 365 g/mol. The van der Waals surface area contributed by atoms with Crippen molar-refractivity contribution >= 4 is 22.8 Å². The Balaban J connectivity index is 1.95. The number of rotatable bonds is 4. The van der Waals surface area contributed by atoms with Crippen LogP contribution in [0.4, 0.5) is 0 Å². The first kappa shape index (κ1) is 17.7. The van der Waals surface area contributed by atoms with Gasteiger partial charge in [-0.3, -0.25) is 9.59 Å². The number of fused-ring (bicyclic) bond motifs is 1. The molecule has 0 saturated heterocycles. The number of nitrogens with one attached hydrogen (secondary N) is 1. The van der Waals surface area contributed by atoms with Crippen LogP contribution in [0.3, 0.4) is 0 Å². The summed E-state index contributed by atoms with van der Waals surface area (Å²) in [6.07, 6.45) is 3.20. The van der Waals surface area contributed by atoms with Gasteiger partial charge in [-0.15, -0.1) is 0 Å². The van der Waals surface area contributed by atoms with E-state index in [9.17, 15) is 9.59 Å². The van der Waals surface area contributed by atoms with E-state index in [1.54, 1.807) is 6.08 Å². The Hall–Kier alpha value is -3.72. The van der Waals surface area contributed by atoms with Crippen molar-refractivity contribution in [2.45, 2.75) is 6.92 Å². The Kier molecular flexibility index (Phi) is 4.73. The highest BCUT2D eigenvalue weighted by atomic mass is 16.1. The summed E-state index contributed by atoms with van der Waals surface area (Å²) in [6, 6.07) is 25.0. The lowest BCUT2D eigenvalue weighted by Crippen LogP contribution is -2.18. The molecular weight excluding hydrogens is 346 g/mol. The van der Waals surface area contributed by atoms with Crippen molar-refractivity contribution in [3.05, 3.63) is 112 Å². The predicted molar refractivity (Wildman–Crippen MR) is 115 cm³/mol. The van der Waals surface area contributed by atoms with Crippen LogP contribution in [0.1, 0.15) is 21.5 Å². The molecule has 3 aromatic carbocycles. The molecule has 1 N–H and O–H groups in total. The minimum atomic E-state index is -0.377. The van der Waals surface area contributed by atoms with Crippen molar-refractivity contribution in [2.24, 2.45) is 0 Å². The molecule has 0 saturated carbocycles. The zero-order chi connectivity index (χ0) is 19.5. The number of aryl methyl sites for hydroxylation is 1. The van der Waals surface area contributed by atoms with Gasteiger partial charge in [0.2, 0.25) is 0 Å². The van der Waals surface area contributed by atoms with Gasteiger partial charge in [-0.25, -0.2) is 0 Å². The summed E-state index contributed by atoms with van der Waals surface area (Å²) in [5, 5.41) is 0.863. The molecule has 0 spiro atoms. The van der Waals surface area contributed by atoms with Crippen molar-refractivity contribution in [2.75, 3.05) is 0 Å². The fourth-order valence-electron chi connectivity index (χ4n) is 3.37. The van der Waals surface area contributed by atoms with Crippen molar-refractivity contribution in [1.82, 2.24) is 4.98 Å². The summed E-state index contributed by atoms with van der Waals surface area (Å²) >= 11 is 0. The third-order valence-corrected chi connectivity index (χ3v) is 4.71. The standard InChI is InChI=1S/C25H19NO2/c1-17-12-14-21-20(16-17)23(19-10-6-3-7-11-19)24(25(28)26-21)22(27)15-13-18-8-4-2-5-9-18/h2-16H,1H3,(H,26,28). The number of ketones is 1. The molecule has 1 heterocycles. The Morgan fingerprint density at radius 1 is 0.893 bits per heavy atom. The van der Waals surface area contributed by atoms with Gasteiger partial charge in [0.15, 0.2) is 5.78 Å². The van der Waals surface area contributed by atoms with E-state index in [0.717, 1.165) is 27.6 Å². The Bertz CT molecular complexity index is 1240. The van der Waals surface area contributed by atoms with Crippen molar-refractivity contribution < 1.29 is 4.79 Å². The maximum absolute atomic E-state index is 13.1. The van der Waals surface area contributed by atoms with Crippen LogP contribution in [-0.4, -0.2) is 10.8 Å². The van der Waals surface area contributed by atoms with Crippen LogP contribution in [-0.2, 0) is 0 Å². The molecule has 0 amide bonds. The first-order valence-electron chi connectivity index (χ1n) is 9.13. The van der Waals surface area contributed by atoms with Crippen LogP contribution in [0, 0.1) is 6.92 Å². The fraction of sp³-hybridized carbons (Fsp3) is 0.0400. The van der Waals surface area contributed by atoms with Gasteiger partial charge in [-0.2, -0.15) is 0 Å². The third kappa shape index (κ3) is 3.42. The molecule has 28 heavy (non-hydrogen) atoms. The molecule has 4 aromatic rings. The lowest BCUT2D eigenvalue weighted by atomic mass is 9.93. The van der Waals surface area contributed by atoms with E-state index in [0.29, 0.717) is 5.56 Å². The highest BCUT2D eigenvalue weighted by Crippen LogP contribution is 2.30. The highest BCUT2D eigenvalue weighted by Gasteiger charge is 2.19. The number of aromatic amines is 1. The number of hydrogen-bond acceptors (Lipinski definition) is 2. The lowest BCUT2D eigenvalue weighted by molar-refractivity contribution is 0.104. The van der Waals surface area contributed by atoms with E-state index in [1.165, 1.54) is 6.08 Å². The molecule has 0 atom stereocenters. The van der Waals surface area contributed by atoms with Crippen LogP contribution in [0.5, 0.6) is 0 Å². The number of hydrogen-bond donors (Lipinski definition) is 1. The lowest BCUT2D eigenvalue weighted by Gasteiger charge is -2.12. The number of pyridine rings is 1. The third-order valence-electron chi connectivity index (χ3n) is 4.71. The number of benzene rings is 3. The van der Waals surface area contributed by atoms with Gasteiger partial charge in [0.1, 0.15) is 0 Å². The normalized spacial score (nSPS) is 11.2. The van der Waals surface area contributed by atoms with Gasteiger partial charge in [0, 0.05) is 16.5 Å². The minimum Gasteiger partial charge on any atom is -0.321 e. The molecule has 0 fully saturated rings. The summed E-state index contributed by atoms with van der Waals surface area (Å²) in [6.45, 7) is 2.00. The molecule has 0 aliphatic carbocycles. The van der Waals surface area contributed by atoms with Crippen molar-refractivity contribution in [3.8, 4) is 11.1 Å². The van der Waals surface area contributed by atoms with E-state index in [2.05, 4.69) is 4.98 Å². The smallest absolute Gasteiger partial charge is 0.260 e. The quantitative estimate of drug-likeness (QED) is 0.389. The van der Waals surface area contributed by atoms with Gasteiger partial charge in [0.05, 0.1) is 5.56 Å². The van der Waals surface area contributed by atoms with E-state index in [4.69, 9.17) is 0 Å². The zero-order valence-electron chi connectivity index (χ0n) is 15.5. The average molecular weight is 365 g/mol. The van der Waals surface area contributed by atoms with Gasteiger partial charge in [-0.1, -0.05) is 78.4 Å². The van der Waals surface area contributed by atoms with Crippen molar-refractivity contribution in [3.63, 3.8) is 0 Å². The van der Waals surface area contributed by atoms with E-state index < -0.39 is 0 Å². The second-order valence-corrected chi connectivity index (χ2v) is 6.73. The fourth-order valence-corrected chi connectivity index (χ4v) is 3.37. The molecule has 0 unspecified atom stereocenters. The minimum absolute atomic E-state index is 0.163.